The van der Waals surface area contributed by atoms with Crippen molar-refractivity contribution in [3.05, 3.63) is 48.3 Å². The van der Waals surface area contributed by atoms with Gasteiger partial charge in [0.25, 0.3) is 0 Å². The molecule has 31 heavy (non-hydrogen) atoms. The third kappa shape index (κ3) is 5.57. The van der Waals surface area contributed by atoms with Crippen LogP contribution in [0.1, 0.15) is 6.42 Å². The maximum Gasteiger partial charge on any atom is 0.244 e. The van der Waals surface area contributed by atoms with Gasteiger partial charge in [0.15, 0.2) is 15.0 Å². The highest BCUT2D eigenvalue weighted by Crippen LogP contribution is 2.31. The minimum absolute atomic E-state index is 0.0326. The van der Waals surface area contributed by atoms with Crippen molar-refractivity contribution in [2.24, 2.45) is 0 Å². The van der Waals surface area contributed by atoms with E-state index in [0.717, 1.165) is 11.3 Å². The number of para-hydroxylation sites is 1. The zero-order valence-electron chi connectivity index (χ0n) is 17.5. The Morgan fingerprint density at radius 2 is 1.84 bits per heavy atom. The summed E-state index contributed by atoms with van der Waals surface area (Å²) in [6, 6.07) is 10.5. The molecule has 1 heterocycles. The molecule has 0 saturated heterocycles. The molecule has 0 spiro atoms. The molecule has 166 valence electrons. The minimum atomic E-state index is -3.87. The van der Waals surface area contributed by atoms with E-state index in [1.54, 1.807) is 12.1 Å². The molecule has 7 nitrogen and oxygen atoms in total. The molecule has 1 aromatic heterocycles. The van der Waals surface area contributed by atoms with Gasteiger partial charge >= 0.3 is 0 Å². The van der Waals surface area contributed by atoms with Crippen LogP contribution in [0.15, 0.2) is 47.4 Å². The van der Waals surface area contributed by atoms with Gasteiger partial charge in [-0.25, -0.2) is 17.8 Å². The number of amides is 1. The monoisotopic (exact) mass is 465 g/mol. The molecular formula is C21H24FN3O4S2. The van der Waals surface area contributed by atoms with E-state index < -0.39 is 27.3 Å². The Labute approximate surface area is 185 Å². The highest BCUT2D eigenvalue weighted by atomic mass is 32.2. The van der Waals surface area contributed by atoms with Crippen molar-refractivity contribution in [1.29, 1.82) is 0 Å². The highest BCUT2D eigenvalue weighted by Gasteiger charge is 2.27. The fourth-order valence-electron chi connectivity index (χ4n) is 3.00. The van der Waals surface area contributed by atoms with Crippen molar-refractivity contribution >= 4 is 42.4 Å². The van der Waals surface area contributed by atoms with Crippen LogP contribution >= 0.6 is 11.3 Å². The van der Waals surface area contributed by atoms with Gasteiger partial charge in [0.05, 0.1) is 16.7 Å². The number of aromatic nitrogens is 1. The average molecular weight is 466 g/mol. The van der Waals surface area contributed by atoms with Gasteiger partial charge in [-0.1, -0.05) is 17.4 Å². The Balaban J connectivity index is 1.88. The molecule has 0 bridgehead atoms. The van der Waals surface area contributed by atoms with Crippen molar-refractivity contribution in [2.45, 2.75) is 11.3 Å². The van der Waals surface area contributed by atoms with Gasteiger partial charge in [0.1, 0.15) is 22.8 Å². The number of halogens is 1. The second kappa shape index (κ2) is 9.71. The Kier molecular flexibility index (Phi) is 7.24. The number of rotatable bonds is 9. The molecule has 3 rings (SSSR count). The topological polar surface area (TPSA) is 79.8 Å². The maximum atomic E-state index is 14.1. The third-order valence-corrected chi connectivity index (χ3v) is 7.27. The van der Waals surface area contributed by atoms with Gasteiger partial charge in [-0.2, -0.15) is 0 Å². The number of hydrogen-bond donors (Lipinski definition) is 0. The summed E-state index contributed by atoms with van der Waals surface area (Å²) < 4.78 is 45.4. The SMILES string of the molecule is COc1ccc(S(=O)(=O)CC(=O)N(CCCN(C)C)c2nc3c(F)cccc3s2)cc1. The summed E-state index contributed by atoms with van der Waals surface area (Å²) in [4.78, 5) is 20.7. The van der Waals surface area contributed by atoms with E-state index in [1.807, 2.05) is 19.0 Å². The first-order chi connectivity index (χ1) is 14.7. The first-order valence-electron chi connectivity index (χ1n) is 9.58. The lowest BCUT2D eigenvalue weighted by Gasteiger charge is -2.21. The first-order valence-corrected chi connectivity index (χ1v) is 12.0. The Bertz CT molecular complexity index is 1160. The molecule has 0 saturated carbocycles. The predicted molar refractivity (Wildman–Crippen MR) is 120 cm³/mol. The molecule has 0 fully saturated rings. The molecule has 0 aliphatic carbocycles. The van der Waals surface area contributed by atoms with Crippen molar-refractivity contribution < 1.29 is 22.3 Å². The lowest BCUT2D eigenvalue weighted by Crippen LogP contribution is -2.37. The number of thiazole rings is 1. The summed E-state index contributed by atoms with van der Waals surface area (Å²) >= 11 is 1.16. The molecule has 1 amide bonds. The molecule has 10 heteroatoms. The summed E-state index contributed by atoms with van der Waals surface area (Å²) in [5, 5.41) is 0.286. The van der Waals surface area contributed by atoms with Crippen LogP contribution in [0.4, 0.5) is 9.52 Å². The van der Waals surface area contributed by atoms with E-state index in [4.69, 9.17) is 4.74 Å². The zero-order chi connectivity index (χ0) is 22.6. The van der Waals surface area contributed by atoms with Crippen LogP contribution in [0.3, 0.4) is 0 Å². The van der Waals surface area contributed by atoms with Gasteiger partial charge < -0.3 is 9.64 Å². The molecule has 0 aliphatic heterocycles. The Morgan fingerprint density at radius 1 is 1.13 bits per heavy atom. The van der Waals surface area contributed by atoms with Gasteiger partial charge in [-0.3, -0.25) is 9.69 Å². The quantitative estimate of drug-likeness (QED) is 0.483. The van der Waals surface area contributed by atoms with Crippen molar-refractivity contribution in [3.8, 4) is 5.75 Å². The van der Waals surface area contributed by atoms with E-state index in [1.165, 1.54) is 42.3 Å². The minimum Gasteiger partial charge on any atom is -0.497 e. The molecular weight excluding hydrogens is 441 g/mol. The Morgan fingerprint density at radius 3 is 2.45 bits per heavy atom. The van der Waals surface area contributed by atoms with E-state index >= 15 is 0 Å². The van der Waals surface area contributed by atoms with Crippen LogP contribution in [0, 0.1) is 5.82 Å². The van der Waals surface area contributed by atoms with Crippen LogP contribution in [0.25, 0.3) is 10.2 Å². The third-order valence-electron chi connectivity index (χ3n) is 4.61. The number of carbonyl (C=O) groups is 1. The Hall–Kier alpha value is -2.56. The number of nitrogens with zero attached hydrogens (tertiary/aromatic N) is 3. The van der Waals surface area contributed by atoms with E-state index in [0.29, 0.717) is 23.4 Å². The van der Waals surface area contributed by atoms with Crippen LogP contribution in [0.5, 0.6) is 5.75 Å². The smallest absolute Gasteiger partial charge is 0.244 e. The fraction of sp³-hybridized carbons (Fsp3) is 0.333. The highest BCUT2D eigenvalue weighted by molar-refractivity contribution is 7.92. The summed E-state index contributed by atoms with van der Waals surface area (Å²) in [5.74, 6) is -1.27. The second-order valence-electron chi connectivity index (χ2n) is 7.22. The molecule has 2 aromatic carbocycles. The normalized spacial score (nSPS) is 11.8. The number of ether oxygens (including phenoxy) is 1. The number of fused-ring (bicyclic) bond motifs is 1. The van der Waals surface area contributed by atoms with E-state index in [9.17, 15) is 17.6 Å². The van der Waals surface area contributed by atoms with Gasteiger partial charge in [-0.15, -0.1) is 0 Å². The molecule has 0 aliphatic rings. The summed E-state index contributed by atoms with van der Waals surface area (Å²) in [7, 11) is 1.43. The number of hydrogen-bond acceptors (Lipinski definition) is 7. The number of benzene rings is 2. The lowest BCUT2D eigenvalue weighted by atomic mass is 10.3. The molecule has 3 aromatic rings. The summed E-state index contributed by atoms with van der Waals surface area (Å²) in [5.41, 5.74) is 0.172. The van der Waals surface area contributed by atoms with Crippen LogP contribution in [0.2, 0.25) is 0 Å². The lowest BCUT2D eigenvalue weighted by molar-refractivity contribution is -0.116. The maximum absolute atomic E-state index is 14.1. The van der Waals surface area contributed by atoms with Crippen molar-refractivity contribution in [2.75, 3.05) is 44.9 Å². The van der Waals surface area contributed by atoms with Crippen LogP contribution in [-0.2, 0) is 14.6 Å². The largest absolute Gasteiger partial charge is 0.497 e. The van der Waals surface area contributed by atoms with Crippen LogP contribution in [-0.4, -0.2) is 64.3 Å². The standard InChI is InChI=1S/C21H24FN3O4S2/c1-24(2)12-5-13-25(21-23-20-17(22)6-4-7-18(20)30-21)19(26)14-31(27,28)16-10-8-15(29-3)9-11-16/h4,6-11H,5,12-14H2,1-3H3. The second-order valence-corrected chi connectivity index (χ2v) is 10.2. The van der Waals surface area contributed by atoms with Crippen molar-refractivity contribution in [3.63, 3.8) is 0 Å². The molecule has 0 radical (unpaired) electrons. The number of methoxy groups -OCH3 is 1. The number of sulfone groups is 1. The van der Waals surface area contributed by atoms with Gasteiger partial charge in [0, 0.05) is 6.54 Å². The zero-order valence-corrected chi connectivity index (χ0v) is 19.2. The van der Waals surface area contributed by atoms with Crippen molar-refractivity contribution in [1.82, 2.24) is 9.88 Å². The summed E-state index contributed by atoms with van der Waals surface area (Å²) in [6.45, 7) is 0.977. The predicted octanol–water partition coefficient (Wildman–Crippen LogP) is 3.20. The van der Waals surface area contributed by atoms with E-state index in [-0.39, 0.29) is 22.1 Å². The fourth-order valence-corrected chi connectivity index (χ4v) is 5.22. The van der Waals surface area contributed by atoms with Gasteiger partial charge in [0.2, 0.25) is 5.91 Å². The average Bonchev–Trinajstić information content (AvgIpc) is 3.16. The van der Waals surface area contributed by atoms with E-state index in [2.05, 4.69) is 4.98 Å². The molecule has 0 unspecified atom stereocenters. The number of carbonyl (C=O) groups excluding carboxylic acids is 1. The number of anilines is 1. The first kappa shape index (κ1) is 23.1. The summed E-state index contributed by atoms with van der Waals surface area (Å²) in [6.07, 6.45) is 0.611. The molecule has 0 atom stereocenters. The van der Waals surface area contributed by atoms with Gasteiger partial charge in [-0.05, 0) is 63.5 Å². The molecule has 0 N–H and O–H groups in total. The van der Waals surface area contributed by atoms with Crippen LogP contribution < -0.4 is 9.64 Å².